The molecular weight excluding hydrogens is 384 g/mol. The number of pyridine rings is 1. The first-order chi connectivity index (χ1) is 12.1. The van der Waals surface area contributed by atoms with Crippen molar-refractivity contribution in [1.29, 1.82) is 0 Å². The fourth-order valence-corrected chi connectivity index (χ4v) is 2.97. The summed E-state index contributed by atoms with van der Waals surface area (Å²) in [5.74, 6) is -0.447. The number of halogens is 1. The third-order valence-corrected chi connectivity index (χ3v) is 4.69. The fraction of sp³-hybridized carbons (Fsp3) is 0.167. The molecule has 0 radical (unpaired) electrons. The molecule has 126 valence electrons. The molecule has 4 rings (SSSR count). The van der Waals surface area contributed by atoms with Gasteiger partial charge in [0.1, 0.15) is 0 Å². The zero-order valence-corrected chi connectivity index (χ0v) is 14.8. The molecule has 2 amide bonds. The van der Waals surface area contributed by atoms with Gasteiger partial charge in [0, 0.05) is 16.7 Å². The lowest BCUT2D eigenvalue weighted by molar-refractivity contribution is 0.0948. The van der Waals surface area contributed by atoms with Crippen molar-refractivity contribution >= 4 is 38.9 Å². The van der Waals surface area contributed by atoms with Gasteiger partial charge in [-0.25, -0.2) is 4.98 Å². The van der Waals surface area contributed by atoms with E-state index >= 15 is 0 Å². The van der Waals surface area contributed by atoms with Crippen molar-refractivity contribution in [2.75, 3.05) is 5.32 Å². The smallest absolute Gasteiger partial charge is 0.292 e. The number of rotatable bonds is 4. The van der Waals surface area contributed by atoms with Crippen molar-refractivity contribution in [3.63, 3.8) is 0 Å². The molecule has 0 atom stereocenters. The summed E-state index contributed by atoms with van der Waals surface area (Å²) in [4.78, 5) is 29.5. The van der Waals surface area contributed by atoms with Crippen LogP contribution in [0.1, 0.15) is 33.9 Å². The van der Waals surface area contributed by atoms with Gasteiger partial charge in [-0.05, 0) is 53.0 Å². The van der Waals surface area contributed by atoms with Crippen LogP contribution >= 0.6 is 15.9 Å². The van der Waals surface area contributed by atoms with Crippen LogP contribution in [-0.2, 0) is 0 Å². The second-order valence-electron chi connectivity index (χ2n) is 5.92. The number of aromatic nitrogens is 2. The van der Waals surface area contributed by atoms with Crippen molar-refractivity contribution < 1.29 is 9.59 Å². The van der Waals surface area contributed by atoms with Gasteiger partial charge in [-0.1, -0.05) is 18.2 Å². The fourth-order valence-electron chi connectivity index (χ4n) is 2.59. The average molecular weight is 399 g/mol. The number of amides is 2. The predicted molar refractivity (Wildman–Crippen MR) is 97.8 cm³/mol. The minimum Gasteiger partial charge on any atom is -0.348 e. The molecule has 0 aliphatic heterocycles. The Bertz CT molecular complexity index is 978. The van der Waals surface area contributed by atoms with Crippen molar-refractivity contribution in [1.82, 2.24) is 14.7 Å². The molecule has 1 aliphatic rings. The average Bonchev–Trinajstić information content (AvgIpc) is 3.33. The third kappa shape index (κ3) is 3.15. The molecule has 1 saturated carbocycles. The number of hydrogen-bond acceptors (Lipinski definition) is 3. The monoisotopic (exact) mass is 398 g/mol. The standard InChI is InChI=1S/C18H15BrN4O2/c19-12-5-1-2-6-13(12)21-18(25)16-22-15(17(24)20-11-8-9-11)14-7-3-4-10-23(14)16/h1-7,10-11H,8-9H2,(H,20,24)(H,21,25). The Labute approximate surface area is 152 Å². The van der Waals surface area contributed by atoms with Crippen LogP contribution < -0.4 is 10.6 Å². The Hall–Kier alpha value is -2.67. The zero-order valence-electron chi connectivity index (χ0n) is 13.2. The van der Waals surface area contributed by atoms with E-state index in [1.807, 2.05) is 24.3 Å². The summed E-state index contributed by atoms with van der Waals surface area (Å²) in [6, 6.07) is 13.0. The van der Waals surface area contributed by atoms with Crippen molar-refractivity contribution in [2.24, 2.45) is 0 Å². The number of carbonyl (C=O) groups is 2. The van der Waals surface area contributed by atoms with E-state index < -0.39 is 0 Å². The molecule has 1 aromatic carbocycles. The van der Waals surface area contributed by atoms with Crippen LogP contribution in [0.15, 0.2) is 53.1 Å². The topological polar surface area (TPSA) is 75.5 Å². The van der Waals surface area contributed by atoms with Gasteiger partial charge in [-0.3, -0.25) is 14.0 Å². The van der Waals surface area contributed by atoms with Crippen LogP contribution in [0, 0.1) is 0 Å². The quantitative estimate of drug-likeness (QED) is 0.708. The van der Waals surface area contributed by atoms with Gasteiger partial charge in [0.2, 0.25) is 5.82 Å². The lowest BCUT2D eigenvalue weighted by Gasteiger charge is -2.06. The van der Waals surface area contributed by atoms with Crippen LogP contribution in [0.3, 0.4) is 0 Å². The molecule has 2 heterocycles. The van der Waals surface area contributed by atoms with E-state index in [2.05, 4.69) is 31.5 Å². The van der Waals surface area contributed by atoms with Crippen molar-refractivity contribution in [3.05, 3.63) is 64.7 Å². The number of fused-ring (bicyclic) bond motifs is 1. The molecule has 1 aliphatic carbocycles. The molecule has 3 aromatic rings. The lowest BCUT2D eigenvalue weighted by atomic mass is 10.3. The first-order valence-electron chi connectivity index (χ1n) is 7.97. The number of para-hydroxylation sites is 1. The first-order valence-corrected chi connectivity index (χ1v) is 8.76. The van der Waals surface area contributed by atoms with E-state index in [0.29, 0.717) is 11.2 Å². The maximum absolute atomic E-state index is 12.7. The molecule has 0 unspecified atom stereocenters. The highest BCUT2D eigenvalue weighted by molar-refractivity contribution is 9.10. The zero-order chi connectivity index (χ0) is 17.4. The van der Waals surface area contributed by atoms with E-state index in [-0.39, 0.29) is 29.4 Å². The van der Waals surface area contributed by atoms with E-state index in [9.17, 15) is 9.59 Å². The van der Waals surface area contributed by atoms with Gasteiger partial charge >= 0.3 is 0 Å². The summed E-state index contributed by atoms with van der Waals surface area (Å²) >= 11 is 3.40. The molecule has 7 heteroatoms. The highest BCUT2D eigenvalue weighted by Crippen LogP contribution is 2.23. The second kappa shape index (κ2) is 6.33. The van der Waals surface area contributed by atoms with Crippen LogP contribution in [0.25, 0.3) is 5.52 Å². The Morgan fingerprint density at radius 3 is 2.60 bits per heavy atom. The number of hydrogen-bond donors (Lipinski definition) is 2. The number of nitrogens with one attached hydrogen (secondary N) is 2. The number of imidazole rings is 1. The van der Waals surface area contributed by atoms with E-state index in [1.165, 1.54) is 0 Å². The number of anilines is 1. The SMILES string of the molecule is O=C(NC1CC1)c1nc(C(=O)Nc2ccccc2Br)n2ccccc12. The van der Waals surface area contributed by atoms with Crippen LogP contribution in [0.4, 0.5) is 5.69 Å². The number of nitrogens with zero attached hydrogens (tertiary/aromatic N) is 2. The van der Waals surface area contributed by atoms with E-state index in [0.717, 1.165) is 17.3 Å². The number of carbonyl (C=O) groups excluding carboxylic acids is 2. The molecule has 2 N–H and O–H groups in total. The van der Waals surface area contributed by atoms with Gasteiger partial charge in [-0.15, -0.1) is 0 Å². The van der Waals surface area contributed by atoms with Gasteiger partial charge in [0.05, 0.1) is 11.2 Å². The second-order valence-corrected chi connectivity index (χ2v) is 6.78. The van der Waals surface area contributed by atoms with Crippen LogP contribution in [0.2, 0.25) is 0 Å². The minimum absolute atomic E-state index is 0.173. The normalized spacial score (nSPS) is 13.6. The summed E-state index contributed by atoms with van der Waals surface area (Å²) in [5, 5.41) is 5.74. The third-order valence-electron chi connectivity index (χ3n) is 4.00. The Morgan fingerprint density at radius 2 is 1.84 bits per heavy atom. The molecule has 2 aromatic heterocycles. The molecule has 0 bridgehead atoms. The molecule has 0 spiro atoms. The van der Waals surface area contributed by atoms with Gasteiger partial charge in [-0.2, -0.15) is 0 Å². The van der Waals surface area contributed by atoms with Crippen LogP contribution in [-0.4, -0.2) is 27.2 Å². The highest BCUT2D eigenvalue weighted by atomic mass is 79.9. The number of benzene rings is 1. The summed E-state index contributed by atoms with van der Waals surface area (Å²) in [5.41, 5.74) is 1.52. The summed E-state index contributed by atoms with van der Waals surface area (Å²) in [6.45, 7) is 0. The first kappa shape index (κ1) is 15.8. The summed E-state index contributed by atoms with van der Waals surface area (Å²) in [6.07, 6.45) is 3.71. The van der Waals surface area contributed by atoms with Crippen molar-refractivity contribution in [3.8, 4) is 0 Å². The molecule has 1 fully saturated rings. The molecular formula is C18H15BrN4O2. The minimum atomic E-state index is -0.376. The Morgan fingerprint density at radius 1 is 1.08 bits per heavy atom. The largest absolute Gasteiger partial charge is 0.348 e. The molecule has 0 saturated heterocycles. The lowest BCUT2D eigenvalue weighted by Crippen LogP contribution is -2.26. The van der Waals surface area contributed by atoms with E-state index in [4.69, 9.17) is 0 Å². The van der Waals surface area contributed by atoms with Crippen molar-refractivity contribution in [2.45, 2.75) is 18.9 Å². The molecule has 25 heavy (non-hydrogen) atoms. The van der Waals surface area contributed by atoms with Gasteiger partial charge in [0.25, 0.3) is 11.8 Å². The van der Waals surface area contributed by atoms with Crippen LogP contribution in [0.5, 0.6) is 0 Å². The maximum atomic E-state index is 12.7. The molecule has 6 nitrogen and oxygen atoms in total. The van der Waals surface area contributed by atoms with Gasteiger partial charge < -0.3 is 10.6 Å². The highest BCUT2D eigenvalue weighted by Gasteiger charge is 2.27. The van der Waals surface area contributed by atoms with Gasteiger partial charge in [0.15, 0.2) is 5.69 Å². The summed E-state index contributed by atoms with van der Waals surface area (Å²) < 4.78 is 2.41. The summed E-state index contributed by atoms with van der Waals surface area (Å²) in [7, 11) is 0. The maximum Gasteiger partial charge on any atom is 0.292 e. The predicted octanol–water partition coefficient (Wildman–Crippen LogP) is 3.24. The Balaban J connectivity index is 1.70. The van der Waals surface area contributed by atoms with E-state index in [1.54, 1.807) is 28.8 Å². The Kier molecular flexibility index (Phi) is 4.01.